The molecule has 0 N–H and O–H groups in total. The highest BCUT2D eigenvalue weighted by Gasteiger charge is 2.29. The van der Waals surface area contributed by atoms with Crippen molar-refractivity contribution in [1.29, 1.82) is 0 Å². The van der Waals surface area contributed by atoms with E-state index in [1.807, 2.05) is 6.82 Å². The smallest absolute Gasteiger partial charge is 0.227 e. The average molecular weight is 284 g/mol. The number of carbonyl (C=O) groups excluding carboxylic acids is 1. The maximum absolute atomic E-state index is 12.0. The van der Waals surface area contributed by atoms with Crippen molar-refractivity contribution in [1.82, 2.24) is 4.98 Å². The predicted octanol–water partition coefficient (Wildman–Crippen LogP) is 3.30. The van der Waals surface area contributed by atoms with E-state index in [1.165, 1.54) is 0 Å². The van der Waals surface area contributed by atoms with Crippen molar-refractivity contribution >= 4 is 42.1 Å². The minimum Gasteiger partial charge on any atom is -0.308 e. The van der Waals surface area contributed by atoms with Crippen LogP contribution in [0.1, 0.15) is 12.8 Å². The lowest BCUT2D eigenvalue weighted by Gasteiger charge is -2.33. The van der Waals surface area contributed by atoms with Crippen LogP contribution in [-0.4, -0.2) is 24.7 Å². The van der Waals surface area contributed by atoms with E-state index >= 15 is 0 Å². The number of aromatic nitrogens is 1. The number of anilines is 1. The van der Waals surface area contributed by atoms with Gasteiger partial charge in [0, 0.05) is 19.2 Å². The van der Waals surface area contributed by atoms with Crippen LogP contribution in [0.3, 0.4) is 0 Å². The van der Waals surface area contributed by atoms with Crippen LogP contribution in [0.5, 0.6) is 0 Å². The van der Waals surface area contributed by atoms with Crippen molar-refractivity contribution in [3.63, 3.8) is 0 Å². The number of carbonyl (C=O) groups is 1. The molecule has 0 spiro atoms. The van der Waals surface area contributed by atoms with Gasteiger partial charge in [0.15, 0.2) is 5.15 Å². The standard InChI is InChI=1S/C12H14BCl2N2O/c1-13-6-8-2-3-10(18)17(7-8)11-9(14)4-5-16-12(11)15/h4-5,8H,2-3,6-7H2,1H3. The van der Waals surface area contributed by atoms with Gasteiger partial charge in [-0.3, -0.25) is 4.79 Å². The number of nitrogens with zero attached hydrogens (tertiary/aromatic N) is 2. The molecular formula is C12H14BCl2N2O. The summed E-state index contributed by atoms with van der Waals surface area (Å²) in [5.41, 5.74) is 0.548. The molecule has 1 fully saturated rings. The van der Waals surface area contributed by atoms with Crippen molar-refractivity contribution in [2.45, 2.75) is 26.0 Å². The molecular weight excluding hydrogens is 270 g/mol. The molecule has 1 unspecified atom stereocenters. The summed E-state index contributed by atoms with van der Waals surface area (Å²) in [6, 6.07) is 1.66. The lowest BCUT2D eigenvalue weighted by molar-refractivity contribution is -0.120. The molecule has 1 aliphatic heterocycles. The van der Waals surface area contributed by atoms with E-state index in [1.54, 1.807) is 17.2 Å². The van der Waals surface area contributed by atoms with Gasteiger partial charge in [-0.25, -0.2) is 4.98 Å². The molecule has 0 bridgehead atoms. The van der Waals surface area contributed by atoms with Gasteiger partial charge in [0.25, 0.3) is 0 Å². The second-order valence-corrected chi connectivity index (χ2v) is 5.25. The number of hydrogen-bond donors (Lipinski definition) is 0. The quantitative estimate of drug-likeness (QED) is 0.630. The summed E-state index contributed by atoms with van der Waals surface area (Å²) in [6.07, 6.45) is 4.01. The molecule has 2 rings (SSSR count). The van der Waals surface area contributed by atoms with E-state index < -0.39 is 0 Å². The van der Waals surface area contributed by atoms with Gasteiger partial charge in [0.05, 0.1) is 5.02 Å². The molecule has 1 atom stereocenters. The van der Waals surface area contributed by atoms with E-state index in [9.17, 15) is 4.79 Å². The minimum absolute atomic E-state index is 0.0687. The first-order valence-corrected chi connectivity index (χ1v) is 6.77. The molecule has 18 heavy (non-hydrogen) atoms. The third-order valence-electron chi connectivity index (χ3n) is 3.18. The summed E-state index contributed by atoms with van der Waals surface area (Å²) in [6.45, 7) is 2.69. The third kappa shape index (κ3) is 2.81. The summed E-state index contributed by atoms with van der Waals surface area (Å²) in [5.74, 6) is 0.541. The Hall–Kier alpha value is -0.735. The van der Waals surface area contributed by atoms with Gasteiger partial charge in [0.1, 0.15) is 13.0 Å². The number of pyridine rings is 1. The number of halogens is 2. The van der Waals surface area contributed by atoms with Gasteiger partial charge in [-0.05, 0) is 18.4 Å². The van der Waals surface area contributed by atoms with Gasteiger partial charge in [-0.1, -0.05) is 36.3 Å². The Morgan fingerprint density at radius 2 is 2.33 bits per heavy atom. The first kappa shape index (κ1) is 13.7. The maximum atomic E-state index is 12.0. The molecule has 1 aromatic heterocycles. The largest absolute Gasteiger partial charge is 0.308 e. The van der Waals surface area contributed by atoms with E-state index in [0.717, 1.165) is 12.7 Å². The van der Waals surface area contributed by atoms with Crippen molar-refractivity contribution < 1.29 is 4.79 Å². The Morgan fingerprint density at radius 3 is 3.00 bits per heavy atom. The summed E-state index contributed by atoms with van der Waals surface area (Å²) in [5, 5.41) is 0.765. The van der Waals surface area contributed by atoms with Crippen molar-refractivity contribution in [3.8, 4) is 0 Å². The van der Waals surface area contributed by atoms with Crippen LogP contribution in [0.2, 0.25) is 23.3 Å². The normalized spacial score (nSPS) is 20.1. The van der Waals surface area contributed by atoms with E-state index in [4.69, 9.17) is 23.2 Å². The Balaban J connectivity index is 2.27. The van der Waals surface area contributed by atoms with E-state index in [0.29, 0.717) is 29.6 Å². The van der Waals surface area contributed by atoms with Gasteiger partial charge < -0.3 is 4.90 Å². The van der Waals surface area contributed by atoms with Crippen molar-refractivity contribution in [2.75, 3.05) is 11.4 Å². The Bertz CT molecular complexity index is 435. The van der Waals surface area contributed by atoms with Crippen molar-refractivity contribution in [3.05, 3.63) is 22.4 Å². The van der Waals surface area contributed by atoms with Crippen molar-refractivity contribution in [2.24, 2.45) is 5.92 Å². The SMILES string of the molecule is C[B]CC1CCC(=O)N(c2c(Cl)ccnc2Cl)C1. The molecule has 1 saturated heterocycles. The number of hydrogen-bond acceptors (Lipinski definition) is 2. The van der Waals surface area contributed by atoms with Crippen LogP contribution in [-0.2, 0) is 4.79 Å². The second kappa shape index (κ2) is 5.94. The topological polar surface area (TPSA) is 33.2 Å². The third-order valence-corrected chi connectivity index (χ3v) is 3.76. The molecule has 1 aliphatic rings. The molecule has 1 amide bonds. The Morgan fingerprint density at radius 1 is 1.56 bits per heavy atom. The van der Waals surface area contributed by atoms with Crippen LogP contribution < -0.4 is 4.90 Å². The number of piperidine rings is 1. The summed E-state index contributed by atoms with van der Waals surface area (Å²) < 4.78 is 0. The summed E-state index contributed by atoms with van der Waals surface area (Å²) in [7, 11) is 2.13. The summed E-state index contributed by atoms with van der Waals surface area (Å²) in [4.78, 5) is 17.7. The molecule has 95 valence electrons. The average Bonchev–Trinajstić information content (AvgIpc) is 2.33. The van der Waals surface area contributed by atoms with Gasteiger partial charge >= 0.3 is 0 Å². The highest BCUT2D eigenvalue weighted by Crippen LogP contribution is 2.35. The fourth-order valence-corrected chi connectivity index (χ4v) is 2.86. The number of rotatable bonds is 3. The zero-order valence-electron chi connectivity index (χ0n) is 10.2. The molecule has 2 heterocycles. The first-order chi connectivity index (χ1) is 8.63. The van der Waals surface area contributed by atoms with Crippen LogP contribution >= 0.6 is 23.2 Å². The fourth-order valence-electron chi connectivity index (χ4n) is 2.30. The minimum atomic E-state index is 0.0687. The molecule has 0 aromatic carbocycles. The predicted molar refractivity (Wildman–Crippen MR) is 75.8 cm³/mol. The van der Waals surface area contributed by atoms with E-state index in [2.05, 4.69) is 12.3 Å². The van der Waals surface area contributed by atoms with Crippen LogP contribution in [0.4, 0.5) is 5.69 Å². The fraction of sp³-hybridized carbons (Fsp3) is 0.500. The molecule has 1 radical (unpaired) electrons. The number of amides is 1. The highest BCUT2D eigenvalue weighted by molar-refractivity contribution is 6.39. The second-order valence-electron chi connectivity index (χ2n) is 4.49. The van der Waals surface area contributed by atoms with Crippen LogP contribution in [0.15, 0.2) is 12.3 Å². The molecule has 1 aromatic rings. The van der Waals surface area contributed by atoms with Crippen LogP contribution in [0.25, 0.3) is 0 Å². The summed E-state index contributed by atoms with van der Waals surface area (Å²) >= 11 is 12.2. The van der Waals surface area contributed by atoms with Gasteiger partial charge in [-0.15, -0.1) is 0 Å². The Kier molecular flexibility index (Phi) is 4.52. The molecule has 0 saturated carbocycles. The van der Waals surface area contributed by atoms with Crippen LogP contribution in [0, 0.1) is 5.92 Å². The zero-order valence-corrected chi connectivity index (χ0v) is 11.7. The maximum Gasteiger partial charge on any atom is 0.227 e. The van der Waals surface area contributed by atoms with Gasteiger partial charge in [-0.2, -0.15) is 0 Å². The zero-order chi connectivity index (χ0) is 13.1. The van der Waals surface area contributed by atoms with E-state index in [-0.39, 0.29) is 11.1 Å². The first-order valence-electron chi connectivity index (χ1n) is 6.01. The molecule has 3 nitrogen and oxygen atoms in total. The molecule has 6 heteroatoms. The molecule has 0 aliphatic carbocycles. The van der Waals surface area contributed by atoms with Gasteiger partial charge in [0.2, 0.25) is 5.91 Å². The monoisotopic (exact) mass is 283 g/mol. The Labute approximate surface area is 118 Å². The highest BCUT2D eigenvalue weighted by atomic mass is 35.5. The lowest BCUT2D eigenvalue weighted by Crippen LogP contribution is -2.40. The lowest BCUT2D eigenvalue weighted by atomic mass is 9.70.